The fraction of sp³-hybridized carbons (Fsp3) is 0.867. The van der Waals surface area contributed by atoms with Crippen molar-refractivity contribution in [3.05, 3.63) is 12.2 Å². The first-order chi connectivity index (χ1) is 8.32. The molecule has 102 valence electrons. The Hall–Kier alpha value is -0.860. The smallest absolute Gasteiger partial charge is 0.133 e. The molecule has 0 N–H and O–H groups in total. The molecule has 0 saturated carbocycles. The van der Waals surface area contributed by atoms with Crippen LogP contribution in [0.15, 0.2) is 6.33 Å². The Morgan fingerprint density at radius 3 is 2.78 bits per heavy atom. The molecule has 1 aromatic rings. The second-order valence-electron chi connectivity index (χ2n) is 7.38. The zero-order chi connectivity index (χ0) is 13.4. The molecule has 0 aliphatic carbocycles. The minimum absolute atomic E-state index is 0.303. The van der Waals surface area contributed by atoms with Crippen LogP contribution in [0.3, 0.4) is 0 Å². The molecule has 0 aromatic carbocycles. The maximum absolute atomic E-state index is 4.36. The standard InChI is InChI=1S/C15H27N3/c1-12-7-6-8-15(5,14(2,3)4)9-13-17-16-11-18(13)10-12/h11-12H,6-10H2,1-5H3. The SMILES string of the molecule is CC1CCCC(C)(C(C)(C)C)Cc2nncn2C1. The fourth-order valence-corrected chi connectivity index (χ4v) is 2.91. The first-order valence-electron chi connectivity index (χ1n) is 7.18. The summed E-state index contributed by atoms with van der Waals surface area (Å²) in [4.78, 5) is 0. The quantitative estimate of drug-likeness (QED) is 0.702. The maximum Gasteiger partial charge on any atom is 0.133 e. The number of rotatable bonds is 0. The molecule has 0 amide bonds. The molecule has 2 rings (SSSR count). The molecule has 2 heterocycles. The molecular weight excluding hydrogens is 222 g/mol. The van der Waals surface area contributed by atoms with Crippen molar-refractivity contribution >= 4 is 0 Å². The van der Waals surface area contributed by atoms with Crippen LogP contribution in [0, 0.1) is 16.7 Å². The lowest BCUT2D eigenvalue weighted by atomic mass is 9.63. The number of aromatic nitrogens is 3. The van der Waals surface area contributed by atoms with Gasteiger partial charge in [0, 0.05) is 13.0 Å². The van der Waals surface area contributed by atoms with Gasteiger partial charge in [-0.2, -0.15) is 0 Å². The number of hydrogen-bond donors (Lipinski definition) is 0. The molecule has 3 heteroatoms. The fourth-order valence-electron chi connectivity index (χ4n) is 2.91. The van der Waals surface area contributed by atoms with Crippen molar-refractivity contribution in [2.24, 2.45) is 16.7 Å². The summed E-state index contributed by atoms with van der Waals surface area (Å²) in [6.07, 6.45) is 6.87. The van der Waals surface area contributed by atoms with Crippen LogP contribution in [-0.2, 0) is 13.0 Å². The van der Waals surface area contributed by atoms with E-state index in [0.717, 1.165) is 18.9 Å². The van der Waals surface area contributed by atoms with E-state index in [9.17, 15) is 0 Å². The van der Waals surface area contributed by atoms with Crippen LogP contribution >= 0.6 is 0 Å². The molecule has 0 fully saturated rings. The first-order valence-corrected chi connectivity index (χ1v) is 7.18. The van der Waals surface area contributed by atoms with Crippen LogP contribution in [0.2, 0.25) is 0 Å². The van der Waals surface area contributed by atoms with E-state index >= 15 is 0 Å². The van der Waals surface area contributed by atoms with E-state index in [4.69, 9.17) is 0 Å². The molecule has 3 nitrogen and oxygen atoms in total. The summed E-state index contributed by atoms with van der Waals surface area (Å²) in [5.41, 5.74) is 0.610. The number of nitrogens with zero attached hydrogens (tertiary/aromatic N) is 3. The maximum atomic E-state index is 4.36. The van der Waals surface area contributed by atoms with Gasteiger partial charge in [-0.3, -0.25) is 0 Å². The van der Waals surface area contributed by atoms with Crippen molar-refractivity contribution in [1.82, 2.24) is 14.8 Å². The summed E-state index contributed by atoms with van der Waals surface area (Å²) in [6.45, 7) is 12.9. The van der Waals surface area contributed by atoms with E-state index in [1.165, 1.54) is 25.1 Å². The molecule has 0 spiro atoms. The van der Waals surface area contributed by atoms with Gasteiger partial charge in [0.15, 0.2) is 0 Å². The van der Waals surface area contributed by atoms with Gasteiger partial charge >= 0.3 is 0 Å². The van der Waals surface area contributed by atoms with Crippen molar-refractivity contribution < 1.29 is 0 Å². The van der Waals surface area contributed by atoms with Crippen LogP contribution in [-0.4, -0.2) is 14.8 Å². The van der Waals surface area contributed by atoms with E-state index in [0.29, 0.717) is 10.8 Å². The van der Waals surface area contributed by atoms with E-state index in [-0.39, 0.29) is 0 Å². The molecule has 1 aliphatic heterocycles. The zero-order valence-corrected chi connectivity index (χ0v) is 12.5. The lowest BCUT2D eigenvalue weighted by Crippen LogP contribution is -2.35. The van der Waals surface area contributed by atoms with Gasteiger partial charge in [0.2, 0.25) is 0 Å². The van der Waals surface area contributed by atoms with E-state index < -0.39 is 0 Å². The molecule has 2 unspecified atom stereocenters. The van der Waals surface area contributed by atoms with Gasteiger partial charge in [0.05, 0.1) is 0 Å². The summed E-state index contributed by atoms with van der Waals surface area (Å²) in [5.74, 6) is 1.89. The van der Waals surface area contributed by atoms with Crippen LogP contribution < -0.4 is 0 Å². The molecule has 0 bridgehead atoms. The van der Waals surface area contributed by atoms with Crippen molar-refractivity contribution in [2.75, 3.05) is 0 Å². The summed E-state index contributed by atoms with van der Waals surface area (Å²) in [7, 11) is 0. The Balaban J connectivity index is 2.33. The van der Waals surface area contributed by atoms with Gasteiger partial charge in [-0.15, -0.1) is 10.2 Å². The van der Waals surface area contributed by atoms with Crippen molar-refractivity contribution in [2.45, 2.75) is 66.8 Å². The van der Waals surface area contributed by atoms with Crippen LogP contribution in [0.25, 0.3) is 0 Å². The van der Waals surface area contributed by atoms with Crippen molar-refractivity contribution in [3.63, 3.8) is 0 Å². The van der Waals surface area contributed by atoms with Gasteiger partial charge in [-0.05, 0) is 29.6 Å². The Morgan fingerprint density at radius 1 is 1.39 bits per heavy atom. The summed E-state index contributed by atoms with van der Waals surface area (Å²) < 4.78 is 2.26. The molecule has 1 aromatic heterocycles. The molecule has 1 aliphatic rings. The largest absolute Gasteiger partial charge is 0.317 e. The highest BCUT2D eigenvalue weighted by Gasteiger charge is 2.38. The average molecular weight is 249 g/mol. The normalized spacial score (nSPS) is 30.2. The summed E-state index contributed by atoms with van der Waals surface area (Å²) in [5, 5.41) is 8.47. The van der Waals surface area contributed by atoms with E-state index in [1.807, 2.05) is 6.33 Å². The lowest BCUT2D eigenvalue weighted by Gasteiger charge is -2.42. The van der Waals surface area contributed by atoms with Crippen molar-refractivity contribution in [3.8, 4) is 0 Å². The highest BCUT2D eigenvalue weighted by Crippen LogP contribution is 2.45. The Bertz CT molecular complexity index is 402. The van der Waals surface area contributed by atoms with Gasteiger partial charge in [0.25, 0.3) is 0 Å². The Morgan fingerprint density at radius 2 is 2.11 bits per heavy atom. The van der Waals surface area contributed by atoms with E-state index in [1.54, 1.807) is 0 Å². The Labute approximate surface area is 111 Å². The second-order valence-corrected chi connectivity index (χ2v) is 7.38. The van der Waals surface area contributed by atoms with Gasteiger partial charge in [0.1, 0.15) is 12.2 Å². The van der Waals surface area contributed by atoms with Crippen LogP contribution in [0.1, 0.15) is 59.7 Å². The third-order valence-electron chi connectivity index (χ3n) is 4.99. The summed E-state index contributed by atoms with van der Waals surface area (Å²) >= 11 is 0. The second kappa shape index (κ2) is 4.67. The predicted molar refractivity (Wildman–Crippen MR) is 74.3 cm³/mol. The highest BCUT2D eigenvalue weighted by atomic mass is 15.3. The number of fused-ring (bicyclic) bond motifs is 1. The molecule has 2 atom stereocenters. The van der Waals surface area contributed by atoms with Crippen LogP contribution in [0.4, 0.5) is 0 Å². The average Bonchev–Trinajstić information content (AvgIpc) is 2.63. The Kier molecular flexibility index (Phi) is 3.52. The van der Waals surface area contributed by atoms with Crippen LogP contribution in [0.5, 0.6) is 0 Å². The first kappa shape index (κ1) is 13.6. The number of hydrogen-bond acceptors (Lipinski definition) is 2. The third-order valence-corrected chi connectivity index (χ3v) is 4.99. The third kappa shape index (κ3) is 2.60. The van der Waals surface area contributed by atoms with Crippen molar-refractivity contribution in [1.29, 1.82) is 0 Å². The van der Waals surface area contributed by atoms with Gasteiger partial charge in [-0.1, -0.05) is 41.0 Å². The van der Waals surface area contributed by atoms with Gasteiger partial charge in [-0.25, -0.2) is 0 Å². The highest BCUT2D eigenvalue weighted by molar-refractivity contribution is 4.99. The minimum atomic E-state index is 0.303. The minimum Gasteiger partial charge on any atom is -0.317 e. The molecule has 18 heavy (non-hydrogen) atoms. The lowest BCUT2D eigenvalue weighted by molar-refractivity contribution is 0.0900. The van der Waals surface area contributed by atoms with Gasteiger partial charge < -0.3 is 4.57 Å². The monoisotopic (exact) mass is 249 g/mol. The predicted octanol–water partition coefficient (Wildman–Crippen LogP) is 3.69. The summed E-state index contributed by atoms with van der Waals surface area (Å²) in [6, 6.07) is 0. The molecule has 0 radical (unpaired) electrons. The topological polar surface area (TPSA) is 30.7 Å². The molecular formula is C15H27N3. The van der Waals surface area contributed by atoms with E-state index in [2.05, 4.69) is 49.4 Å². The molecule has 0 saturated heterocycles. The zero-order valence-electron chi connectivity index (χ0n) is 12.5.